The SMILES string of the molecule is CNc1ccc([C@@H]2CN2)c(S(=O)(=O)O)c1. The van der Waals surface area contributed by atoms with Gasteiger partial charge in [0.05, 0.1) is 0 Å². The second-order valence-corrected chi connectivity index (χ2v) is 4.83. The molecule has 0 spiro atoms. The van der Waals surface area contributed by atoms with Crippen LogP contribution in [0, 0.1) is 0 Å². The first kappa shape index (κ1) is 10.4. The third-order valence-electron chi connectivity index (χ3n) is 2.36. The standard InChI is InChI=1S/C9H12N2O3S/c1-10-6-2-3-7(8-5-11-8)9(4-6)15(12,13)14/h2-4,8,10-11H,5H2,1H3,(H,12,13,14)/t8-/m0/s1. The van der Waals surface area contributed by atoms with E-state index in [2.05, 4.69) is 10.6 Å². The zero-order valence-electron chi connectivity index (χ0n) is 8.19. The number of nitrogens with one attached hydrogen (secondary N) is 2. The number of anilines is 1. The van der Waals surface area contributed by atoms with Crippen molar-refractivity contribution in [3.63, 3.8) is 0 Å². The molecule has 5 nitrogen and oxygen atoms in total. The van der Waals surface area contributed by atoms with Gasteiger partial charge in [0.15, 0.2) is 0 Å². The molecule has 15 heavy (non-hydrogen) atoms. The van der Waals surface area contributed by atoms with Gasteiger partial charge in [-0.3, -0.25) is 4.55 Å². The third-order valence-corrected chi connectivity index (χ3v) is 3.27. The van der Waals surface area contributed by atoms with Crippen LogP contribution >= 0.6 is 0 Å². The molecule has 3 N–H and O–H groups in total. The zero-order valence-corrected chi connectivity index (χ0v) is 9.00. The second-order valence-electron chi connectivity index (χ2n) is 3.44. The van der Waals surface area contributed by atoms with Crippen LogP contribution in [0.15, 0.2) is 23.1 Å². The molecule has 0 radical (unpaired) electrons. The first-order valence-corrected chi connectivity index (χ1v) is 5.99. The van der Waals surface area contributed by atoms with E-state index in [0.717, 1.165) is 6.54 Å². The molecule has 0 bridgehead atoms. The molecular weight excluding hydrogens is 216 g/mol. The van der Waals surface area contributed by atoms with Gasteiger partial charge in [-0.15, -0.1) is 0 Å². The van der Waals surface area contributed by atoms with Crippen molar-refractivity contribution in [3.05, 3.63) is 23.8 Å². The maximum absolute atomic E-state index is 11.2. The molecule has 0 aromatic heterocycles. The van der Waals surface area contributed by atoms with E-state index in [9.17, 15) is 8.42 Å². The Morgan fingerprint density at radius 3 is 2.67 bits per heavy atom. The predicted molar refractivity (Wildman–Crippen MR) is 56.5 cm³/mol. The molecule has 0 aliphatic carbocycles. The highest BCUT2D eigenvalue weighted by molar-refractivity contribution is 7.85. The van der Waals surface area contributed by atoms with Crippen molar-refractivity contribution >= 4 is 15.8 Å². The lowest BCUT2D eigenvalue weighted by atomic mass is 10.1. The summed E-state index contributed by atoms with van der Waals surface area (Å²) < 4.78 is 31.4. The lowest BCUT2D eigenvalue weighted by Gasteiger charge is -2.07. The van der Waals surface area contributed by atoms with Gasteiger partial charge in [-0.25, -0.2) is 0 Å². The minimum Gasteiger partial charge on any atom is -0.388 e. The first-order valence-electron chi connectivity index (χ1n) is 4.55. The van der Waals surface area contributed by atoms with Crippen molar-refractivity contribution < 1.29 is 13.0 Å². The summed E-state index contributed by atoms with van der Waals surface area (Å²) in [5.74, 6) is 0. The van der Waals surface area contributed by atoms with E-state index in [4.69, 9.17) is 4.55 Å². The lowest BCUT2D eigenvalue weighted by Crippen LogP contribution is -2.04. The van der Waals surface area contributed by atoms with E-state index in [1.807, 2.05) is 0 Å². The van der Waals surface area contributed by atoms with E-state index in [1.165, 1.54) is 6.07 Å². The monoisotopic (exact) mass is 228 g/mol. The maximum atomic E-state index is 11.2. The highest BCUT2D eigenvalue weighted by Crippen LogP contribution is 2.30. The normalized spacial score (nSPS) is 20.0. The molecule has 82 valence electrons. The van der Waals surface area contributed by atoms with Gasteiger partial charge in [-0.1, -0.05) is 6.07 Å². The minimum atomic E-state index is -4.15. The smallest absolute Gasteiger partial charge is 0.294 e. The molecule has 6 heteroatoms. The molecule has 1 saturated heterocycles. The van der Waals surface area contributed by atoms with Crippen LogP contribution in [0.4, 0.5) is 5.69 Å². The fourth-order valence-electron chi connectivity index (χ4n) is 1.48. The molecular formula is C9H12N2O3S. The Hall–Kier alpha value is -1.11. The molecule has 1 aromatic rings. The van der Waals surface area contributed by atoms with Crippen molar-refractivity contribution in [1.82, 2.24) is 5.32 Å². The number of hydrogen-bond donors (Lipinski definition) is 3. The van der Waals surface area contributed by atoms with Crippen LogP contribution in [0.25, 0.3) is 0 Å². The largest absolute Gasteiger partial charge is 0.388 e. The van der Waals surface area contributed by atoms with Crippen LogP contribution in [0.2, 0.25) is 0 Å². The van der Waals surface area contributed by atoms with Gasteiger partial charge in [0.25, 0.3) is 10.1 Å². The summed E-state index contributed by atoms with van der Waals surface area (Å²) in [5, 5.41) is 5.83. The summed E-state index contributed by atoms with van der Waals surface area (Å²) in [7, 11) is -2.46. The number of benzene rings is 1. The summed E-state index contributed by atoms with van der Waals surface area (Å²) in [4.78, 5) is -0.0237. The highest BCUT2D eigenvalue weighted by atomic mass is 32.2. The van der Waals surface area contributed by atoms with E-state index < -0.39 is 10.1 Å². The Balaban J connectivity index is 2.55. The topological polar surface area (TPSA) is 88.3 Å². The summed E-state index contributed by atoms with van der Waals surface area (Å²) >= 11 is 0. The van der Waals surface area contributed by atoms with Crippen LogP contribution in [0.3, 0.4) is 0 Å². The quantitative estimate of drug-likeness (QED) is 0.521. The summed E-state index contributed by atoms with van der Waals surface area (Å²) in [6, 6.07) is 4.97. The van der Waals surface area contributed by atoms with Gasteiger partial charge < -0.3 is 10.6 Å². The molecule has 1 aliphatic heterocycles. The Kier molecular flexibility index (Phi) is 2.41. The van der Waals surface area contributed by atoms with E-state index >= 15 is 0 Å². The number of hydrogen-bond acceptors (Lipinski definition) is 4. The average Bonchev–Trinajstić information content (AvgIpc) is 2.99. The predicted octanol–water partition coefficient (Wildman–Crippen LogP) is 0.619. The Labute approximate surface area is 88.2 Å². The molecule has 1 fully saturated rings. The molecule has 2 rings (SSSR count). The van der Waals surface area contributed by atoms with E-state index in [-0.39, 0.29) is 10.9 Å². The average molecular weight is 228 g/mol. The Morgan fingerprint density at radius 1 is 1.53 bits per heavy atom. The van der Waals surface area contributed by atoms with Crippen molar-refractivity contribution in [2.45, 2.75) is 10.9 Å². The maximum Gasteiger partial charge on any atom is 0.294 e. The van der Waals surface area contributed by atoms with Crippen LogP contribution in [0.1, 0.15) is 11.6 Å². The molecule has 1 heterocycles. The van der Waals surface area contributed by atoms with Crippen molar-refractivity contribution in [2.24, 2.45) is 0 Å². The Morgan fingerprint density at radius 2 is 2.20 bits per heavy atom. The third kappa shape index (κ3) is 2.11. The summed E-state index contributed by atoms with van der Waals surface area (Å²) in [5.41, 5.74) is 1.28. The van der Waals surface area contributed by atoms with Crippen LogP contribution in [-0.4, -0.2) is 26.6 Å². The fraction of sp³-hybridized carbons (Fsp3) is 0.333. The van der Waals surface area contributed by atoms with Crippen molar-refractivity contribution in [1.29, 1.82) is 0 Å². The van der Waals surface area contributed by atoms with Gasteiger partial charge in [0.2, 0.25) is 0 Å². The molecule has 1 aliphatic rings. The first-order chi connectivity index (χ1) is 7.02. The Bertz CT molecular complexity index is 480. The highest BCUT2D eigenvalue weighted by Gasteiger charge is 2.29. The summed E-state index contributed by atoms with van der Waals surface area (Å²) in [6.45, 7) is 0.751. The minimum absolute atomic E-state index is 0.0237. The van der Waals surface area contributed by atoms with Crippen LogP contribution < -0.4 is 10.6 Å². The second kappa shape index (κ2) is 3.48. The molecule has 0 amide bonds. The van der Waals surface area contributed by atoms with Gasteiger partial charge in [0.1, 0.15) is 4.90 Å². The van der Waals surface area contributed by atoms with Gasteiger partial charge in [-0.2, -0.15) is 8.42 Å². The zero-order chi connectivity index (χ0) is 11.1. The van der Waals surface area contributed by atoms with Crippen molar-refractivity contribution in [3.8, 4) is 0 Å². The van der Waals surface area contributed by atoms with Gasteiger partial charge in [0, 0.05) is 25.3 Å². The van der Waals surface area contributed by atoms with Crippen LogP contribution in [-0.2, 0) is 10.1 Å². The molecule has 0 saturated carbocycles. The molecule has 0 unspecified atom stereocenters. The van der Waals surface area contributed by atoms with Gasteiger partial charge >= 0.3 is 0 Å². The number of rotatable bonds is 3. The van der Waals surface area contributed by atoms with Crippen molar-refractivity contribution in [2.75, 3.05) is 18.9 Å². The lowest BCUT2D eigenvalue weighted by molar-refractivity contribution is 0.482. The molecule has 1 aromatic carbocycles. The molecule has 1 atom stereocenters. The van der Waals surface area contributed by atoms with E-state index in [0.29, 0.717) is 11.3 Å². The van der Waals surface area contributed by atoms with Crippen LogP contribution in [0.5, 0.6) is 0 Å². The fourth-order valence-corrected chi connectivity index (χ4v) is 2.26. The van der Waals surface area contributed by atoms with Gasteiger partial charge in [-0.05, 0) is 17.7 Å². The summed E-state index contributed by atoms with van der Waals surface area (Å²) in [6.07, 6.45) is 0. The van der Waals surface area contributed by atoms with E-state index in [1.54, 1.807) is 19.2 Å².